The van der Waals surface area contributed by atoms with Crippen molar-refractivity contribution < 1.29 is 4.42 Å². The highest BCUT2D eigenvalue weighted by molar-refractivity contribution is 9.10. The fraction of sp³-hybridized carbons (Fsp3) is 0. The highest BCUT2D eigenvalue weighted by atomic mass is 79.9. The van der Waals surface area contributed by atoms with Crippen LogP contribution in [0.3, 0.4) is 0 Å². The lowest BCUT2D eigenvalue weighted by atomic mass is 10.1. The molecule has 4 rings (SSSR count). The number of aromatic nitrogens is 4. The van der Waals surface area contributed by atoms with E-state index >= 15 is 0 Å². The Bertz CT molecular complexity index is 1030. The van der Waals surface area contributed by atoms with Crippen LogP contribution >= 0.6 is 15.9 Å². The van der Waals surface area contributed by atoms with Crippen molar-refractivity contribution in [3.8, 4) is 34.3 Å². The predicted octanol–water partition coefficient (Wildman–Crippen LogP) is 4.21. The molecule has 0 unspecified atom stereocenters. The number of anilines is 1. The Morgan fingerprint density at radius 2 is 1.60 bits per heavy atom. The molecule has 122 valence electrons. The minimum atomic E-state index is 0.234. The van der Waals surface area contributed by atoms with E-state index in [4.69, 9.17) is 10.2 Å². The molecule has 0 aliphatic rings. The molecule has 0 fully saturated rings. The molecule has 25 heavy (non-hydrogen) atoms. The largest absolute Gasteiger partial charge is 0.414 e. The number of hydrogen-bond donors (Lipinski definition) is 1. The van der Waals surface area contributed by atoms with Crippen molar-refractivity contribution in [1.29, 1.82) is 0 Å². The molecule has 0 aliphatic carbocycles. The number of rotatable bonds is 3. The summed E-state index contributed by atoms with van der Waals surface area (Å²) in [6.07, 6.45) is 1.62. The van der Waals surface area contributed by atoms with Crippen LogP contribution < -0.4 is 5.73 Å². The Kier molecular flexibility index (Phi) is 3.99. The summed E-state index contributed by atoms with van der Waals surface area (Å²) < 4.78 is 6.65. The van der Waals surface area contributed by atoms with E-state index < -0.39 is 0 Å². The minimum Gasteiger partial charge on any atom is -0.414 e. The number of benzene rings is 2. The Hall–Kier alpha value is -3.06. The van der Waals surface area contributed by atoms with Gasteiger partial charge in [0.15, 0.2) is 11.5 Å². The lowest BCUT2D eigenvalue weighted by Gasteiger charge is -2.06. The van der Waals surface area contributed by atoms with Crippen molar-refractivity contribution in [3.63, 3.8) is 0 Å². The molecule has 6 nitrogen and oxygen atoms in total. The summed E-state index contributed by atoms with van der Waals surface area (Å²) in [5.41, 5.74) is 8.73. The molecule has 0 radical (unpaired) electrons. The fourth-order valence-corrected chi connectivity index (χ4v) is 2.86. The molecule has 0 saturated carbocycles. The second-order valence-corrected chi connectivity index (χ2v) is 6.10. The van der Waals surface area contributed by atoms with Gasteiger partial charge in [0.1, 0.15) is 0 Å². The van der Waals surface area contributed by atoms with Crippen LogP contribution in [0.1, 0.15) is 0 Å². The molecular weight excluding hydrogens is 382 g/mol. The van der Waals surface area contributed by atoms with E-state index in [0.717, 1.165) is 15.6 Å². The van der Waals surface area contributed by atoms with Gasteiger partial charge in [-0.05, 0) is 18.2 Å². The molecule has 0 spiro atoms. The first-order valence-corrected chi connectivity index (χ1v) is 8.28. The molecule has 7 heteroatoms. The molecular formula is C18H12BrN5O. The second kappa shape index (κ2) is 6.45. The molecule has 0 aliphatic heterocycles. The van der Waals surface area contributed by atoms with E-state index in [0.29, 0.717) is 17.3 Å². The highest BCUT2D eigenvalue weighted by Crippen LogP contribution is 2.30. The first kappa shape index (κ1) is 15.5. The maximum absolute atomic E-state index is 5.97. The first-order valence-electron chi connectivity index (χ1n) is 7.49. The maximum atomic E-state index is 5.97. The molecule has 0 amide bonds. The van der Waals surface area contributed by atoms with E-state index in [1.807, 2.05) is 54.6 Å². The molecule has 0 atom stereocenters. The van der Waals surface area contributed by atoms with Crippen LogP contribution in [0.15, 0.2) is 69.7 Å². The van der Waals surface area contributed by atoms with Gasteiger partial charge in [-0.15, -0.1) is 10.2 Å². The van der Waals surface area contributed by atoms with Crippen molar-refractivity contribution in [2.45, 2.75) is 0 Å². The molecule has 2 heterocycles. The van der Waals surface area contributed by atoms with Gasteiger partial charge in [-0.25, -0.2) is 9.97 Å². The number of nitrogens with two attached hydrogens (primary N) is 1. The van der Waals surface area contributed by atoms with Crippen LogP contribution in [0.2, 0.25) is 0 Å². The smallest absolute Gasteiger partial charge is 0.270 e. The average Bonchev–Trinajstić information content (AvgIpc) is 3.13. The quantitative estimate of drug-likeness (QED) is 0.560. The van der Waals surface area contributed by atoms with E-state index in [9.17, 15) is 0 Å². The Labute approximate surface area is 151 Å². The third-order valence-electron chi connectivity index (χ3n) is 3.60. The van der Waals surface area contributed by atoms with Gasteiger partial charge >= 0.3 is 0 Å². The zero-order valence-electron chi connectivity index (χ0n) is 12.9. The van der Waals surface area contributed by atoms with Gasteiger partial charge < -0.3 is 10.2 Å². The summed E-state index contributed by atoms with van der Waals surface area (Å²) in [7, 11) is 0. The van der Waals surface area contributed by atoms with Gasteiger partial charge in [0.05, 0.1) is 11.9 Å². The third-order valence-corrected chi connectivity index (χ3v) is 4.29. The standard InChI is InChI=1S/C18H12BrN5O/c19-13-9-5-4-8-12(13)14-10-21-16(20)15(22-14)18-24-23-17(25-18)11-6-2-1-3-7-11/h1-10H,(H2,20,21). The minimum absolute atomic E-state index is 0.234. The van der Waals surface area contributed by atoms with Crippen LogP contribution in [0.25, 0.3) is 34.3 Å². The molecule has 2 aromatic carbocycles. The van der Waals surface area contributed by atoms with Crippen LogP contribution in [0, 0.1) is 0 Å². The van der Waals surface area contributed by atoms with Crippen LogP contribution in [-0.2, 0) is 0 Å². The molecule has 0 bridgehead atoms. The fourth-order valence-electron chi connectivity index (χ4n) is 2.37. The van der Waals surface area contributed by atoms with E-state index in [1.54, 1.807) is 6.20 Å². The summed E-state index contributed by atoms with van der Waals surface area (Å²) in [5.74, 6) is 0.875. The molecule has 4 aromatic rings. The van der Waals surface area contributed by atoms with Crippen molar-refractivity contribution in [3.05, 3.63) is 65.3 Å². The van der Waals surface area contributed by atoms with Crippen LogP contribution in [0.5, 0.6) is 0 Å². The van der Waals surface area contributed by atoms with Gasteiger partial charge in [-0.3, -0.25) is 0 Å². The van der Waals surface area contributed by atoms with Crippen LogP contribution in [0.4, 0.5) is 5.82 Å². The molecule has 2 aromatic heterocycles. The van der Waals surface area contributed by atoms with Gasteiger partial charge in [-0.1, -0.05) is 52.3 Å². The van der Waals surface area contributed by atoms with Crippen molar-refractivity contribution >= 4 is 21.7 Å². The number of hydrogen-bond acceptors (Lipinski definition) is 6. The number of nitrogen functional groups attached to an aromatic ring is 1. The van der Waals surface area contributed by atoms with Gasteiger partial charge in [0.25, 0.3) is 5.89 Å². The second-order valence-electron chi connectivity index (χ2n) is 5.25. The Balaban J connectivity index is 1.78. The summed E-state index contributed by atoms with van der Waals surface area (Å²) in [4.78, 5) is 8.79. The Morgan fingerprint density at radius 1 is 0.880 bits per heavy atom. The van der Waals surface area contributed by atoms with Gasteiger partial charge in [-0.2, -0.15) is 0 Å². The van der Waals surface area contributed by atoms with E-state index in [2.05, 4.69) is 36.1 Å². The summed E-state index contributed by atoms with van der Waals surface area (Å²) in [6, 6.07) is 17.3. The van der Waals surface area contributed by atoms with E-state index in [1.165, 1.54) is 0 Å². The van der Waals surface area contributed by atoms with Crippen molar-refractivity contribution in [1.82, 2.24) is 20.2 Å². The highest BCUT2D eigenvalue weighted by Gasteiger charge is 2.17. The van der Waals surface area contributed by atoms with Gasteiger partial charge in [0.2, 0.25) is 5.89 Å². The SMILES string of the molecule is Nc1ncc(-c2ccccc2Br)nc1-c1nnc(-c2ccccc2)o1. The van der Waals surface area contributed by atoms with Gasteiger partial charge in [0, 0.05) is 15.6 Å². The number of nitrogens with zero attached hydrogens (tertiary/aromatic N) is 4. The van der Waals surface area contributed by atoms with Crippen molar-refractivity contribution in [2.75, 3.05) is 5.73 Å². The number of halogens is 1. The summed E-state index contributed by atoms with van der Waals surface area (Å²) >= 11 is 3.52. The third kappa shape index (κ3) is 3.01. The monoisotopic (exact) mass is 393 g/mol. The Morgan fingerprint density at radius 3 is 2.40 bits per heavy atom. The topological polar surface area (TPSA) is 90.7 Å². The van der Waals surface area contributed by atoms with Crippen molar-refractivity contribution in [2.24, 2.45) is 0 Å². The van der Waals surface area contributed by atoms with E-state index in [-0.39, 0.29) is 11.7 Å². The lowest BCUT2D eigenvalue weighted by molar-refractivity contribution is 0.582. The maximum Gasteiger partial charge on any atom is 0.270 e. The predicted molar refractivity (Wildman–Crippen MR) is 98.3 cm³/mol. The molecule has 0 saturated heterocycles. The normalized spacial score (nSPS) is 10.8. The zero-order chi connectivity index (χ0) is 17.2. The molecule has 2 N–H and O–H groups in total. The zero-order valence-corrected chi connectivity index (χ0v) is 14.5. The lowest BCUT2D eigenvalue weighted by Crippen LogP contribution is -1.99. The average molecular weight is 394 g/mol. The first-order chi connectivity index (χ1) is 12.2. The summed E-state index contributed by atoms with van der Waals surface area (Å²) in [5, 5.41) is 8.14. The van der Waals surface area contributed by atoms with Crippen LogP contribution in [-0.4, -0.2) is 20.2 Å². The summed E-state index contributed by atoms with van der Waals surface area (Å²) in [6.45, 7) is 0.